The van der Waals surface area contributed by atoms with Gasteiger partial charge in [-0.15, -0.1) is 0 Å². The van der Waals surface area contributed by atoms with E-state index in [9.17, 15) is 9.90 Å². The largest absolute Gasteiger partial charge is 0.396 e. The second-order valence-corrected chi connectivity index (χ2v) is 4.16. The lowest BCUT2D eigenvalue weighted by Crippen LogP contribution is -2.27. The highest BCUT2D eigenvalue weighted by Crippen LogP contribution is 2.55. The second kappa shape index (κ2) is 2.07. The third kappa shape index (κ3) is 0.734. The summed E-state index contributed by atoms with van der Waals surface area (Å²) in [7, 11) is 0. The zero-order chi connectivity index (χ0) is 8.06. The molecule has 2 fully saturated rings. The number of fused-ring (bicyclic) bond motifs is 2. The molecule has 2 aliphatic rings. The van der Waals surface area contributed by atoms with Crippen molar-refractivity contribution in [2.75, 3.05) is 6.61 Å². The van der Waals surface area contributed by atoms with Crippen LogP contribution in [-0.4, -0.2) is 17.5 Å². The fourth-order valence-electron chi connectivity index (χ4n) is 2.80. The molecule has 2 nitrogen and oxygen atoms in total. The minimum atomic E-state index is -0.0584. The molecule has 0 aromatic rings. The van der Waals surface area contributed by atoms with Crippen molar-refractivity contribution in [3.05, 3.63) is 0 Å². The number of hydrogen-bond donors (Lipinski definition) is 1. The monoisotopic (exact) mass is 154 g/mol. The van der Waals surface area contributed by atoms with Gasteiger partial charge in [-0.25, -0.2) is 0 Å². The molecular weight excluding hydrogens is 140 g/mol. The average Bonchev–Trinajstić information content (AvgIpc) is 2.42. The van der Waals surface area contributed by atoms with Crippen molar-refractivity contribution in [3.8, 4) is 0 Å². The van der Waals surface area contributed by atoms with Gasteiger partial charge in [0.2, 0.25) is 0 Å². The molecule has 2 rings (SSSR count). The van der Waals surface area contributed by atoms with E-state index in [4.69, 9.17) is 0 Å². The minimum Gasteiger partial charge on any atom is -0.396 e. The highest BCUT2D eigenvalue weighted by atomic mass is 16.3. The molecule has 11 heavy (non-hydrogen) atoms. The first-order chi connectivity index (χ1) is 5.18. The Hall–Kier alpha value is -0.370. The van der Waals surface area contributed by atoms with Gasteiger partial charge in [0.25, 0.3) is 0 Å². The van der Waals surface area contributed by atoms with Gasteiger partial charge in [-0.3, -0.25) is 4.79 Å². The molecule has 1 N–H and O–H groups in total. The van der Waals surface area contributed by atoms with E-state index in [1.165, 1.54) is 0 Å². The first kappa shape index (κ1) is 7.29. The molecule has 62 valence electrons. The summed E-state index contributed by atoms with van der Waals surface area (Å²) in [4.78, 5) is 11.3. The van der Waals surface area contributed by atoms with Gasteiger partial charge in [-0.05, 0) is 18.8 Å². The number of carbonyl (C=O) groups excluding carboxylic acids is 1. The Kier molecular flexibility index (Phi) is 1.37. The number of carbonyl (C=O) groups is 1. The van der Waals surface area contributed by atoms with Gasteiger partial charge >= 0.3 is 0 Å². The number of aliphatic hydroxyl groups is 1. The first-order valence-electron chi connectivity index (χ1n) is 4.32. The highest BCUT2D eigenvalue weighted by Gasteiger charge is 2.55. The molecule has 0 heterocycles. The number of aliphatic hydroxyl groups excluding tert-OH is 1. The van der Waals surface area contributed by atoms with Gasteiger partial charge in [-0.2, -0.15) is 0 Å². The van der Waals surface area contributed by atoms with E-state index in [1.54, 1.807) is 0 Å². The smallest absolute Gasteiger partial charge is 0.136 e. The molecule has 2 heteroatoms. The van der Waals surface area contributed by atoms with Crippen molar-refractivity contribution in [2.45, 2.75) is 26.2 Å². The van der Waals surface area contributed by atoms with Crippen molar-refractivity contribution < 1.29 is 9.90 Å². The molecule has 0 saturated heterocycles. The number of hydrogen-bond acceptors (Lipinski definition) is 2. The van der Waals surface area contributed by atoms with Crippen molar-refractivity contribution >= 4 is 5.78 Å². The fourth-order valence-corrected chi connectivity index (χ4v) is 2.80. The number of Topliss-reactive ketones (excluding diaryl/α,β-unsaturated/α-hetero) is 1. The molecule has 0 radical (unpaired) electrons. The molecule has 0 spiro atoms. The summed E-state index contributed by atoms with van der Waals surface area (Å²) >= 11 is 0. The van der Waals surface area contributed by atoms with Crippen LogP contribution in [0.5, 0.6) is 0 Å². The lowest BCUT2D eigenvalue weighted by Gasteiger charge is -2.25. The van der Waals surface area contributed by atoms with Gasteiger partial charge in [-0.1, -0.05) is 6.92 Å². The predicted octanol–water partition coefficient (Wildman–Crippen LogP) is 0.984. The fraction of sp³-hybridized carbons (Fsp3) is 0.889. The van der Waals surface area contributed by atoms with Crippen LogP contribution < -0.4 is 0 Å². The maximum absolute atomic E-state index is 11.3. The normalized spacial score (nSPS) is 48.7. The van der Waals surface area contributed by atoms with E-state index >= 15 is 0 Å². The summed E-state index contributed by atoms with van der Waals surface area (Å²) in [5, 5.41) is 9.17. The van der Waals surface area contributed by atoms with E-state index in [-0.39, 0.29) is 17.9 Å². The molecule has 2 saturated carbocycles. The van der Waals surface area contributed by atoms with Crippen LogP contribution in [0.4, 0.5) is 0 Å². The number of ketones is 1. The summed E-state index contributed by atoms with van der Waals surface area (Å²) in [6, 6.07) is 0. The molecule has 3 unspecified atom stereocenters. The molecule has 0 aliphatic heterocycles. The van der Waals surface area contributed by atoms with Crippen LogP contribution >= 0.6 is 0 Å². The van der Waals surface area contributed by atoms with Gasteiger partial charge in [0, 0.05) is 24.4 Å². The lowest BCUT2D eigenvalue weighted by molar-refractivity contribution is -0.123. The Bertz CT molecular complexity index is 200. The molecule has 2 aliphatic carbocycles. The Morgan fingerprint density at radius 2 is 2.36 bits per heavy atom. The third-order valence-corrected chi connectivity index (χ3v) is 3.71. The Morgan fingerprint density at radius 3 is 2.64 bits per heavy atom. The van der Waals surface area contributed by atoms with Crippen LogP contribution in [0.15, 0.2) is 0 Å². The third-order valence-electron chi connectivity index (χ3n) is 3.71. The topological polar surface area (TPSA) is 37.3 Å². The molecule has 0 aromatic carbocycles. The molecular formula is C9H14O2. The van der Waals surface area contributed by atoms with Crippen LogP contribution in [0.1, 0.15) is 26.2 Å². The molecule has 0 amide bonds. The van der Waals surface area contributed by atoms with Gasteiger partial charge < -0.3 is 5.11 Å². The summed E-state index contributed by atoms with van der Waals surface area (Å²) in [6.45, 7) is 2.24. The standard InChI is InChI=1S/C9H14O2/c1-9(5-10)6-2-3-7(9)8(11)4-6/h6-7,10H,2-5H2,1H3. The molecule has 3 atom stereocenters. The molecule has 2 bridgehead atoms. The zero-order valence-electron chi connectivity index (χ0n) is 6.84. The van der Waals surface area contributed by atoms with Gasteiger partial charge in [0.05, 0.1) is 0 Å². The highest BCUT2D eigenvalue weighted by molar-refractivity contribution is 5.85. The quantitative estimate of drug-likeness (QED) is 0.611. The Balaban J connectivity index is 2.31. The van der Waals surface area contributed by atoms with E-state index in [0.717, 1.165) is 19.3 Å². The van der Waals surface area contributed by atoms with Crippen molar-refractivity contribution in [1.82, 2.24) is 0 Å². The van der Waals surface area contributed by atoms with Crippen molar-refractivity contribution in [1.29, 1.82) is 0 Å². The van der Waals surface area contributed by atoms with Crippen LogP contribution in [0.2, 0.25) is 0 Å². The predicted molar refractivity (Wildman–Crippen MR) is 41.0 cm³/mol. The Morgan fingerprint density at radius 1 is 1.64 bits per heavy atom. The van der Waals surface area contributed by atoms with Gasteiger partial charge in [0.15, 0.2) is 0 Å². The summed E-state index contributed by atoms with van der Waals surface area (Å²) < 4.78 is 0. The summed E-state index contributed by atoms with van der Waals surface area (Å²) in [6.07, 6.45) is 2.88. The van der Waals surface area contributed by atoms with E-state index < -0.39 is 0 Å². The first-order valence-corrected chi connectivity index (χ1v) is 4.32. The summed E-state index contributed by atoms with van der Waals surface area (Å²) in [5.74, 6) is 1.04. The maximum atomic E-state index is 11.3. The van der Waals surface area contributed by atoms with Crippen molar-refractivity contribution in [2.24, 2.45) is 17.3 Å². The van der Waals surface area contributed by atoms with E-state index in [1.807, 2.05) is 0 Å². The van der Waals surface area contributed by atoms with E-state index in [2.05, 4.69) is 6.92 Å². The van der Waals surface area contributed by atoms with Crippen molar-refractivity contribution in [3.63, 3.8) is 0 Å². The van der Waals surface area contributed by atoms with Gasteiger partial charge in [0.1, 0.15) is 5.78 Å². The van der Waals surface area contributed by atoms with E-state index in [0.29, 0.717) is 11.7 Å². The number of rotatable bonds is 1. The molecule has 0 aromatic heterocycles. The minimum absolute atomic E-state index is 0.0584. The summed E-state index contributed by atoms with van der Waals surface area (Å²) in [5.41, 5.74) is -0.0584. The zero-order valence-corrected chi connectivity index (χ0v) is 6.84. The van der Waals surface area contributed by atoms with Crippen LogP contribution in [0.3, 0.4) is 0 Å². The second-order valence-electron chi connectivity index (χ2n) is 4.16. The maximum Gasteiger partial charge on any atom is 0.136 e. The Labute approximate surface area is 66.6 Å². The lowest BCUT2D eigenvalue weighted by atomic mass is 9.80. The average molecular weight is 154 g/mol. The van der Waals surface area contributed by atoms with Crippen LogP contribution in [0.25, 0.3) is 0 Å². The SMILES string of the molecule is CC1(CO)C2CCC1C(=O)C2. The van der Waals surface area contributed by atoms with Crippen LogP contribution in [0, 0.1) is 17.3 Å². The van der Waals surface area contributed by atoms with Crippen LogP contribution in [-0.2, 0) is 4.79 Å².